The summed E-state index contributed by atoms with van der Waals surface area (Å²) < 4.78 is 0. The lowest BCUT2D eigenvalue weighted by Crippen LogP contribution is -2.55. The molecule has 3 rings (SSSR count). The van der Waals surface area contributed by atoms with Gasteiger partial charge in [-0.1, -0.05) is 0 Å². The third-order valence-electron chi connectivity index (χ3n) is 3.94. The van der Waals surface area contributed by atoms with Gasteiger partial charge in [0.15, 0.2) is 0 Å². The van der Waals surface area contributed by atoms with Crippen LogP contribution < -0.4 is 11.1 Å². The van der Waals surface area contributed by atoms with Gasteiger partial charge in [-0.05, 0) is 18.8 Å². The minimum atomic E-state index is -0.0699. The molecule has 0 spiro atoms. The van der Waals surface area contributed by atoms with Gasteiger partial charge >= 0.3 is 0 Å². The molecule has 0 aliphatic carbocycles. The number of hydrogen-bond donors (Lipinski definition) is 3. The number of rotatable bonds is 1. The second-order valence-corrected chi connectivity index (χ2v) is 5.22. The Kier molecular flexibility index (Phi) is 2.88. The smallest absolute Gasteiger partial charge is 0.271 e. The van der Waals surface area contributed by atoms with Crippen LogP contribution in [0.15, 0.2) is 6.07 Å². The molecule has 2 fully saturated rings. The molecule has 2 saturated heterocycles. The number of aromatic nitrogens is 2. The fourth-order valence-electron chi connectivity index (χ4n) is 2.91. The largest absolute Gasteiger partial charge is 0.382 e. The fraction of sp³-hybridized carbons (Fsp3) is 0.583. The first-order chi connectivity index (χ1) is 9.13. The summed E-state index contributed by atoms with van der Waals surface area (Å²) in [6.07, 6.45) is 2.22. The van der Waals surface area contributed by atoms with Gasteiger partial charge in [-0.25, -0.2) is 0 Å². The summed E-state index contributed by atoms with van der Waals surface area (Å²) >= 11 is 0. The van der Waals surface area contributed by atoms with Gasteiger partial charge in [0.05, 0.1) is 0 Å². The van der Waals surface area contributed by atoms with E-state index in [0.717, 1.165) is 12.8 Å². The second-order valence-electron chi connectivity index (χ2n) is 5.22. The highest BCUT2D eigenvalue weighted by atomic mass is 16.2. The zero-order valence-electron chi connectivity index (χ0n) is 10.6. The van der Waals surface area contributed by atoms with E-state index in [-0.39, 0.29) is 17.9 Å². The number of piperidine rings is 2. The third-order valence-corrected chi connectivity index (χ3v) is 3.94. The van der Waals surface area contributed by atoms with Crippen LogP contribution in [0.2, 0.25) is 0 Å². The number of nitrogens with two attached hydrogens (primary N) is 1. The van der Waals surface area contributed by atoms with Crippen molar-refractivity contribution in [3.63, 3.8) is 0 Å². The molecule has 2 unspecified atom stereocenters. The van der Waals surface area contributed by atoms with Crippen LogP contribution in [0.25, 0.3) is 0 Å². The lowest BCUT2D eigenvalue weighted by atomic mass is 9.85. The Morgan fingerprint density at radius 3 is 3.05 bits per heavy atom. The summed E-state index contributed by atoms with van der Waals surface area (Å²) in [6.45, 7) is 1.34. The standard InChI is InChI=1S/C12H17N5O2/c13-10-5-9(15-16-10)12(19)17-4-3-8-7(6-17)1-2-11(18)14-8/h5,7-8H,1-4,6H2,(H,14,18)(H3,13,15,16). The molecule has 4 N–H and O–H groups in total. The number of fused-ring (bicyclic) bond motifs is 1. The quantitative estimate of drug-likeness (QED) is 0.649. The average Bonchev–Trinajstić information content (AvgIpc) is 2.84. The number of hydrogen-bond acceptors (Lipinski definition) is 4. The summed E-state index contributed by atoms with van der Waals surface area (Å²) in [4.78, 5) is 25.4. The van der Waals surface area contributed by atoms with Gasteiger partial charge in [0, 0.05) is 31.6 Å². The minimum absolute atomic E-state index is 0.0699. The van der Waals surface area contributed by atoms with Crippen LogP contribution in [0, 0.1) is 5.92 Å². The Balaban J connectivity index is 1.68. The van der Waals surface area contributed by atoms with E-state index in [9.17, 15) is 9.59 Å². The summed E-state index contributed by atoms with van der Waals surface area (Å²) in [7, 11) is 0. The number of likely N-dealkylation sites (tertiary alicyclic amines) is 1. The van der Waals surface area contributed by atoms with Crippen LogP contribution in [0.3, 0.4) is 0 Å². The Morgan fingerprint density at radius 2 is 2.32 bits per heavy atom. The Morgan fingerprint density at radius 1 is 1.47 bits per heavy atom. The fourth-order valence-corrected chi connectivity index (χ4v) is 2.91. The maximum atomic E-state index is 12.3. The Bertz CT molecular complexity index is 512. The van der Waals surface area contributed by atoms with E-state index in [0.29, 0.717) is 36.9 Å². The molecule has 3 heterocycles. The number of carbonyl (C=O) groups is 2. The SMILES string of the molecule is Nc1cc(C(=O)N2CCC3NC(=O)CCC3C2)[nH]n1. The van der Waals surface area contributed by atoms with E-state index in [1.165, 1.54) is 0 Å². The van der Waals surface area contributed by atoms with E-state index < -0.39 is 0 Å². The molecular formula is C12H17N5O2. The second kappa shape index (κ2) is 4.56. The van der Waals surface area contributed by atoms with E-state index in [1.807, 2.05) is 4.90 Å². The van der Waals surface area contributed by atoms with Crippen molar-refractivity contribution >= 4 is 17.6 Å². The molecule has 0 saturated carbocycles. The molecule has 1 aromatic heterocycles. The summed E-state index contributed by atoms with van der Waals surface area (Å²) in [6, 6.07) is 1.77. The summed E-state index contributed by atoms with van der Waals surface area (Å²) in [5.41, 5.74) is 5.93. The number of amides is 2. The molecule has 1 aromatic rings. The van der Waals surface area contributed by atoms with E-state index in [2.05, 4.69) is 15.5 Å². The summed E-state index contributed by atoms with van der Waals surface area (Å²) in [5, 5.41) is 9.42. The van der Waals surface area contributed by atoms with Gasteiger partial charge in [0.1, 0.15) is 11.5 Å². The zero-order valence-corrected chi connectivity index (χ0v) is 10.6. The number of aromatic amines is 1. The number of nitrogens with one attached hydrogen (secondary N) is 2. The first-order valence-corrected chi connectivity index (χ1v) is 6.53. The van der Waals surface area contributed by atoms with Crippen molar-refractivity contribution < 1.29 is 9.59 Å². The maximum Gasteiger partial charge on any atom is 0.271 e. The highest BCUT2D eigenvalue weighted by Crippen LogP contribution is 2.26. The number of nitrogen functional groups attached to an aromatic ring is 1. The molecule has 0 bridgehead atoms. The highest BCUT2D eigenvalue weighted by molar-refractivity contribution is 5.93. The topological polar surface area (TPSA) is 104 Å². The molecule has 0 aromatic carbocycles. The Labute approximate surface area is 110 Å². The molecule has 0 radical (unpaired) electrons. The molecule has 7 heteroatoms. The monoisotopic (exact) mass is 263 g/mol. The van der Waals surface area contributed by atoms with Crippen molar-refractivity contribution in [1.29, 1.82) is 0 Å². The van der Waals surface area contributed by atoms with E-state index in [4.69, 9.17) is 5.73 Å². The highest BCUT2D eigenvalue weighted by Gasteiger charge is 2.35. The van der Waals surface area contributed by atoms with Crippen molar-refractivity contribution in [2.45, 2.75) is 25.3 Å². The van der Waals surface area contributed by atoms with Gasteiger partial charge in [-0.2, -0.15) is 5.10 Å². The first kappa shape index (κ1) is 12.0. The van der Waals surface area contributed by atoms with Crippen molar-refractivity contribution in [2.24, 2.45) is 5.92 Å². The lowest BCUT2D eigenvalue weighted by Gasteiger charge is -2.41. The van der Waals surface area contributed by atoms with Crippen molar-refractivity contribution in [3.05, 3.63) is 11.8 Å². The molecule has 102 valence electrons. The van der Waals surface area contributed by atoms with E-state index in [1.54, 1.807) is 6.07 Å². The van der Waals surface area contributed by atoms with E-state index >= 15 is 0 Å². The number of H-pyrrole nitrogens is 1. The van der Waals surface area contributed by atoms with Crippen LogP contribution in [-0.2, 0) is 4.79 Å². The van der Waals surface area contributed by atoms with Crippen molar-refractivity contribution in [2.75, 3.05) is 18.8 Å². The molecule has 2 atom stereocenters. The van der Waals surface area contributed by atoms with Gasteiger partial charge in [-0.3, -0.25) is 14.7 Å². The predicted octanol–water partition coefficient (Wildman–Crippen LogP) is -0.267. The van der Waals surface area contributed by atoms with Crippen molar-refractivity contribution in [1.82, 2.24) is 20.4 Å². The molecule has 7 nitrogen and oxygen atoms in total. The molecule has 19 heavy (non-hydrogen) atoms. The molecular weight excluding hydrogens is 246 g/mol. The number of carbonyl (C=O) groups excluding carboxylic acids is 2. The van der Waals surface area contributed by atoms with Crippen LogP contribution in [-0.4, -0.2) is 46.0 Å². The lowest BCUT2D eigenvalue weighted by molar-refractivity contribution is -0.125. The Hall–Kier alpha value is -2.05. The molecule has 2 aliphatic rings. The molecule has 2 aliphatic heterocycles. The zero-order chi connectivity index (χ0) is 13.4. The van der Waals surface area contributed by atoms with Crippen LogP contribution >= 0.6 is 0 Å². The number of nitrogens with zero attached hydrogens (tertiary/aromatic N) is 2. The van der Waals surface area contributed by atoms with Crippen molar-refractivity contribution in [3.8, 4) is 0 Å². The minimum Gasteiger partial charge on any atom is -0.382 e. The van der Waals surface area contributed by atoms with Gasteiger partial charge < -0.3 is 16.0 Å². The normalized spacial score (nSPS) is 26.7. The average molecular weight is 263 g/mol. The van der Waals surface area contributed by atoms with Gasteiger partial charge in [0.25, 0.3) is 5.91 Å². The van der Waals surface area contributed by atoms with Gasteiger partial charge in [-0.15, -0.1) is 0 Å². The maximum absolute atomic E-state index is 12.3. The summed E-state index contributed by atoms with van der Waals surface area (Å²) in [5.74, 6) is 0.737. The predicted molar refractivity (Wildman–Crippen MR) is 68.2 cm³/mol. The van der Waals surface area contributed by atoms with Crippen LogP contribution in [0.5, 0.6) is 0 Å². The van der Waals surface area contributed by atoms with Crippen LogP contribution in [0.4, 0.5) is 5.82 Å². The van der Waals surface area contributed by atoms with Gasteiger partial charge in [0.2, 0.25) is 5.91 Å². The molecule has 2 amide bonds. The first-order valence-electron chi connectivity index (χ1n) is 6.53. The van der Waals surface area contributed by atoms with Crippen LogP contribution in [0.1, 0.15) is 29.8 Å². The number of anilines is 1. The third kappa shape index (κ3) is 2.27.